The molecular formula is C19H17ClN4O3. The number of halogens is 1. The van der Waals surface area contributed by atoms with E-state index in [1.165, 1.54) is 0 Å². The second-order valence-corrected chi connectivity index (χ2v) is 6.52. The molecular weight excluding hydrogens is 368 g/mol. The van der Waals surface area contributed by atoms with Crippen molar-refractivity contribution >= 4 is 23.2 Å². The summed E-state index contributed by atoms with van der Waals surface area (Å²) in [5.41, 5.74) is 1.70. The number of para-hydroxylation sites is 2. The zero-order valence-corrected chi connectivity index (χ0v) is 15.3. The Morgan fingerprint density at radius 2 is 2.04 bits per heavy atom. The van der Waals surface area contributed by atoms with Crippen LogP contribution in [0.4, 0.5) is 5.69 Å². The molecule has 1 atom stereocenters. The summed E-state index contributed by atoms with van der Waals surface area (Å²) in [7, 11) is 1.59. The van der Waals surface area contributed by atoms with Crippen molar-refractivity contribution in [1.29, 1.82) is 0 Å². The summed E-state index contributed by atoms with van der Waals surface area (Å²) in [6.07, 6.45) is -0.608. The van der Waals surface area contributed by atoms with Gasteiger partial charge in [-0.15, -0.1) is 0 Å². The van der Waals surface area contributed by atoms with Crippen LogP contribution in [0.15, 0.2) is 53.1 Å². The first-order valence-corrected chi connectivity index (χ1v) is 8.82. The topological polar surface area (TPSA) is 80.5 Å². The van der Waals surface area contributed by atoms with Gasteiger partial charge in [0.25, 0.3) is 5.91 Å². The summed E-state index contributed by atoms with van der Waals surface area (Å²) in [5.74, 6) is 1.41. The molecule has 1 aliphatic rings. The number of benzene rings is 2. The Hall–Kier alpha value is -3.06. The Balaban J connectivity index is 1.58. The monoisotopic (exact) mass is 384 g/mol. The highest BCUT2D eigenvalue weighted by atomic mass is 35.5. The minimum Gasteiger partial charge on any atom is -0.477 e. The summed E-state index contributed by atoms with van der Waals surface area (Å²) in [4.78, 5) is 18.5. The quantitative estimate of drug-likeness (QED) is 0.745. The highest BCUT2D eigenvalue weighted by molar-refractivity contribution is 6.30. The van der Waals surface area contributed by atoms with Gasteiger partial charge in [-0.05, 0) is 36.4 Å². The van der Waals surface area contributed by atoms with E-state index in [1.807, 2.05) is 41.3 Å². The number of carbonyl (C=O) groups is 1. The van der Waals surface area contributed by atoms with Gasteiger partial charge in [0, 0.05) is 17.6 Å². The van der Waals surface area contributed by atoms with Crippen LogP contribution < -0.4 is 15.0 Å². The molecule has 1 aliphatic heterocycles. The minimum atomic E-state index is -0.608. The molecule has 0 aliphatic carbocycles. The largest absolute Gasteiger partial charge is 0.477 e. The van der Waals surface area contributed by atoms with E-state index in [9.17, 15) is 4.79 Å². The van der Waals surface area contributed by atoms with Crippen molar-refractivity contribution in [3.8, 4) is 17.1 Å². The number of rotatable bonds is 4. The molecule has 4 rings (SSSR count). The Morgan fingerprint density at radius 1 is 1.26 bits per heavy atom. The van der Waals surface area contributed by atoms with Crippen LogP contribution in [0.25, 0.3) is 11.4 Å². The third-order valence-electron chi connectivity index (χ3n) is 4.30. The third-order valence-corrected chi connectivity index (χ3v) is 4.55. The molecule has 1 aromatic heterocycles. The molecule has 3 aromatic rings. The van der Waals surface area contributed by atoms with Crippen LogP contribution in [0.1, 0.15) is 5.89 Å². The van der Waals surface area contributed by atoms with Gasteiger partial charge in [0.05, 0.1) is 18.8 Å². The first kappa shape index (κ1) is 17.4. The molecule has 0 bridgehead atoms. The van der Waals surface area contributed by atoms with E-state index in [4.69, 9.17) is 20.9 Å². The molecule has 8 heteroatoms. The number of aromatic nitrogens is 2. The normalized spacial score (nSPS) is 15.8. The fourth-order valence-electron chi connectivity index (χ4n) is 2.95. The van der Waals surface area contributed by atoms with Crippen LogP contribution in [0.3, 0.4) is 0 Å². The van der Waals surface area contributed by atoms with Gasteiger partial charge >= 0.3 is 0 Å². The van der Waals surface area contributed by atoms with Crippen molar-refractivity contribution in [2.75, 3.05) is 18.5 Å². The van der Waals surface area contributed by atoms with Gasteiger partial charge < -0.3 is 19.5 Å². The SMILES string of the molecule is CNC(=O)[C@@H]1CN(Cc2nc(-c3ccc(Cl)cc3)no2)c2ccccc2O1. The average Bonchev–Trinajstić information content (AvgIpc) is 3.16. The number of likely N-dealkylation sites (N-methyl/N-ethyl adjacent to an activating group) is 1. The molecule has 7 nitrogen and oxygen atoms in total. The first-order chi connectivity index (χ1) is 13.1. The van der Waals surface area contributed by atoms with Gasteiger partial charge in [0.1, 0.15) is 5.75 Å². The molecule has 138 valence electrons. The van der Waals surface area contributed by atoms with Crippen LogP contribution in [0.5, 0.6) is 5.75 Å². The molecule has 27 heavy (non-hydrogen) atoms. The zero-order valence-electron chi connectivity index (χ0n) is 14.6. The lowest BCUT2D eigenvalue weighted by molar-refractivity contribution is -0.127. The lowest BCUT2D eigenvalue weighted by atomic mass is 10.1. The van der Waals surface area contributed by atoms with Crippen LogP contribution in [-0.2, 0) is 11.3 Å². The van der Waals surface area contributed by atoms with E-state index in [-0.39, 0.29) is 5.91 Å². The summed E-state index contributed by atoms with van der Waals surface area (Å²) < 4.78 is 11.2. The van der Waals surface area contributed by atoms with Crippen LogP contribution >= 0.6 is 11.6 Å². The molecule has 2 aromatic carbocycles. The number of nitrogens with one attached hydrogen (secondary N) is 1. The third kappa shape index (κ3) is 3.59. The number of anilines is 1. The maximum absolute atomic E-state index is 12.1. The molecule has 1 amide bonds. The average molecular weight is 385 g/mol. The minimum absolute atomic E-state index is 0.179. The molecule has 0 unspecified atom stereocenters. The Kier molecular flexibility index (Phi) is 4.68. The Bertz CT molecular complexity index is 958. The van der Waals surface area contributed by atoms with Gasteiger partial charge in [-0.1, -0.05) is 28.9 Å². The van der Waals surface area contributed by atoms with E-state index in [0.717, 1.165) is 11.3 Å². The number of hydrogen-bond acceptors (Lipinski definition) is 6. The summed E-state index contributed by atoms with van der Waals surface area (Å²) in [5, 5.41) is 7.31. The van der Waals surface area contributed by atoms with E-state index >= 15 is 0 Å². The zero-order chi connectivity index (χ0) is 18.8. The Morgan fingerprint density at radius 3 is 2.81 bits per heavy atom. The highest BCUT2D eigenvalue weighted by Gasteiger charge is 2.31. The van der Waals surface area contributed by atoms with Crippen LogP contribution in [0.2, 0.25) is 5.02 Å². The number of hydrogen-bond donors (Lipinski definition) is 1. The van der Waals surface area contributed by atoms with E-state index in [0.29, 0.717) is 35.6 Å². The van der Waals surface area contributed by atoms with Gasteiger partial charge in [-0.3, -0.25) is 4.79 Å². The van der Waals surface area contributed by atoms with Gasteiger partial charge in [0.15, 0.2) is 6.10 Å². The first-order valence-electron chi connectivity index (χ1n) is 8.45. The molecule has 2 heterocycles. The van der Waals surface area contributed by atoms with Gasteiger partial charge in [0.2, 0.25) is 11.7 Å². The van der Waals surface area contributed by atoms with Crippen molar-refractivity contribution in [1.82, 2.24) is 15.5 Å². The Labute approximate surface area is 160 Å². The van der Waals surface area contributed by atoms with E-state index in [1.54, 1.807) is 19.2 Å². The number of nitrogens with zero attached hydrogens (tertiary/aromatic N) is 3. The summed E-state index contributed by atoms with van der Waals surface area (Å²) >= 11 is 5.92. The lowest BCUT2D eigenvalue weighted by Crippen LogP contribution is -2.48. The molecule has 0 spiro atoms. The van der Waals surface area contributed by atoms with Crippen molar-refractivity contribution in [2.24, 2.45) is 0 Å². The van der Waals surface area contributed by atoms with Crippen molar-refractivity contribution in [3.63, 3.8) is 0 Å². The van der Waals surface area contributed by atoms with Crippen molar-refractivity contribution in [3.05, 3.63) is 59.4 Å². The van der Waals surface area contributed by atoms with Crippen LogP contribution in [-0.4, -0.2) is 35.7 Å². The maximum Gasteiger partial charge on any atom is 0.262 e. The van der Waals surface area contributed by atoms with Gasteiger partial charge in [-0.25, -0.2) is 0 Å². The maximum atomic E-state index is 12.1. The second kappa shape index (κ2) is 7.28. The van der Waals surface area contributed by atoms with Crippen LogP contribution in [0, 0.1) is 0 Å². The lowest BCUT2D eigenvalue weighted by Gasteiger charge is -2.34. The molecule has 0 fully saturated rings. The smallest absolute Gasteiger partial charge is 0.262 e. The number of ether oxygens (including phenoxy) is 1. The number of amides is 1. The number of carbonyl (C=O) groups excluding carboxylic acids is 1. The van der Waals surface area contributed by atoms with E-state index in [2.05, 4.69) is 15.5 Å². The fourth-order valence-corrected chi connectivity index (χ4v) is 3.08. The summed E-state index contributed by atoms with van der Waals surface area (Å²) in [6.45, 7) is 0.754. The predicted octanol–water partition coefficient (Wildman–Crippen LogP) is 2.90. The van der Waals surface area contributed by atoms with E-state index < -0.39 is 6.10 Å². The second-order valence-electron chi connectivity index (χ2n) is 6.09. The molecule has 0 saturated heterocycles. The molecule has 0 radical (unpaired) electrons. The van der Waals surface area contributed by atoms with Gasteiger partial charge in [-0.2, -0.15) is 4.98 Å². The summed E-state index contributed by atoms with van der Waals surface area (Å²) in [6, 6.07) is 14.8. The number of fused-ring (bicyclic) bond motifs is 1. The molecule has 0 saturated carbocycles. The highest BCUT2D eigenvalue weighted by Crippen LogP contribution is 2.34. The van der Waals surface area contributed by atoms with Crippen molar-refractivity contribution < 1.29 is 14.1 Å². The fraction of sp³-hybridized carbons (Fsp3) is 0.211. The molecule has 1 N–H and O–H groups in total. The standard InChI is InChI=1S/C19H17ClN4O3/c1-21-19(25)16-10-24(14-4-2-3-5-15(14)26-16)11-17-22-18(23-27-17)12-6-8-13(20)9-7-12/h2-9,16H,10-11H2,1H3,(H,21,25)/t16-/m0/s1. The predicted molar refractivity (Wildman–Crippen MR) is 101 cm³/mol. The van der Waals surface area contributed by atoms with Crippen molar-refractivity contribution in [2.45, 2.75) is 12.6 Å².